The number of nitrogens with zero attached hydrogens (tertiary/aromatic N) is 1. The summed E-state index contributed by atoms with van der Waals surface area (Å²) in [7, 11) is 0. The molecule has 2 aromatic rings. The minimum absolute atomic E-state index is 0.0661. The third-order valence-electron chi connectivity index (χ3n) is 6.04. The minimum Gasteiger partial charge on any atom is -0.490 e. The normalized spacial score (nSPS) is 20.9. The molecular formula is C25H29N3O5. The zero-order valence-electron chi connectivity index (χ0n) is 19.1. The lowest BCUT2D eigenvalue weighted by atomic mass is 9.92. The molecule has 4 rings (SSSR count). The van der Waals surface area contributed by atoms with E-state index in [1.54, 1.807) is 31.2 Å². The van der Waals surface area contributed by atoms with Gasteiger partial charge in [-0.05, 0) is 36.1 Å². The van der Waals surface area contributed by atoms with E-state index in [9.17, 15) is 14.4 Å². The quantitative estimate of drug-likeness (QED) is 0.658. The Bertz CT molecular complexity index is 1060. The van der Waals surface area contributed by atoms with Crippen molar-refractivity contribution in [2.45, 2.75) is 38.8 Å². The number of carbonyl (C=O) groups is 3. The Labute approximate surface area is 193 Å². The molecule has 2 heterocycles. The van der Waals surface area contributed by atoms with Crippen molar-refractivity contribution in [3.05, 3.63) is 59.7 Å². The Kier molecular flexibility index (Phi) is 6.26. The number of amides is 4. The molecule has 0 spiro atoms. The summed E-state index contributed by atoms with van der Waals surface area (Å²) < 4.78 is 11.5. The number of hydrogen-bond acceptors (Lipinski definition) is 5. The highest BCUT2D eigenvalue weighted by Gasteiger charge is 2.49. The summed E-state index contributed by atoms with van der Waals surface area (Å²) >= 11 is 0. The van der Waals surface area contributed by atoms with Gasteiger partial charge >= 0.3 is 6.03 Å². The minimum atomic E-state index is -1.20. The van der Waals surface area contributed by atoms with Crippen LogP contribution >= 0.6 is 0 Å². The highest BCUT2D eigenvalue weighted by molar-refractivity contribution is 6.09. The molecule has 4 amide bonds. The van der Waals surface area contributed by atoms with Gasteiger partial charge in [-0.3, -0.25) is 14.5 Å². The lowest BCUT2D eigenvalue weighted by molar-refractivity contribution is -0.135. The van der Waals surface area contributed by atoms with Crippen LogP contribution < -0.4 is 20.1 Å². The largest absolute Gasteiger partial charge is 0.490 e. The lowest BCUT2D eigenvalue weighted by Crippen LogP contribution is -2.44. The van der Waals surface area contributed by atoms with E-state index in [1.165, 1.54) is 0 Å². The van der Waals surface area contributed by atoms with E-state index in [0.717, 1.165) is 16.9 Å². The number of benzene rings is 2. The van der Waals surface area contributed by atoms with E-state index in [1.807, 2.05) is 38.1 Å². The summed E-state index contributed by atoms with van der Waals surface area (Å²) in [5.74, 6) is 0.533. The molecule has 2 aliphatic heterocycles. The van der Waals surface area contributed by atoms with Crippen molar-refractivity contribution in [3.8, 4) is 11.5 Å². The monoisotopic (exact) mass is 451 g/mol. The van der Waals surface area contributed by atoms with E-state index in [2.05, 4.69) is 10.6 Å². The van der Waals surface area contributed by atoms with Crippen LogP contribution in [0.4, 0.5) is 4.79 Å². The van der Waals surface area contributed by atoms with Crippen LogP contribution in [0.2, 0.25) is 0 Å². The van der Waals surface area contributed by atoms with Crippen LogP contribution in [0.3, 0.4) is 0 Å². The summed E-state index contributed by atoms with van der Waals surface area (Å²) in [6, 6.07) is 13.7. The Morgan fingerprint density at radius 2 is 1.79 bits per heavy atom. The Morgan fingerprint density at radius 1 is 1.09 bits per heavy atom. The number of rotatable bonds is 6. The zero-order chi connectivity index (χ0) is 23.6. The van der Waals surface area contributed by atoms with E-state index < -0.39 is 23.4 Å². The molecule has 0 aliphatic carbocycles. The number of urea groups is 1. The van der Waals surface area contributed by atoms with Crippen molar-refractivity contribution in [2.75, 3.05) is 19.8 Å². The van der Waals surface area contributed by atoms with Gasteiger partial charge in [0.2, 0.25) is 5.91 Å². The smallest absolute Gasteiger partial charge is 0.325 e. The third kappa shape index (κ3) is 4.51. The van der Waals surface area contributed by atoms with E-state index in [4.69, 9.17) is 9.47 Å². The molecule has 8 heteroatoms. The van der Waals surface area contributed by atoms with Crippen LogP contribution in [0.1, 0.15) is 44.4 Å². The fraction of sp³-hybridized carbons (Fsp3) is 0.400. The predicted molar refractivity (Wildman–Crippen MR) is 122 cm³/mol. The summed E-state index contributed by atoms with van der Waals surface area (Å²) in [6.07, 6.45) is 0.808. The fourth-order valence-electron chi connectivity index (χ4n) is 4.18. The molecule has 0 saturated carbocycles. The van der Waals surface area contributed by atoms with E-state index in [0.29, 0.717) is 30.3 Å². The van der Waals surface area contributed by atoms with Crippen molar-refractivity contribution in [1.29, 1.82) is 0 Å². The van der Waals surface area contributed by atoms with Crippen molar-refractivity contribution in [3.63, 3.8) is 0 Å². The maximum absolute atomic E-state index is 13.1. The molecule has 2 aromatic carbocycles. The molecule has 2 aliphatic rings. The number of hydrogen-bond donors (Lipinski definition) is 2. The first-order chi connectivity index (χ1) is 15.8. The summed E-state index contributed by atoms with van der Waals surface area (Å²) in [4.78, 5) is 39.6. The molecule has 0 unspecified atom stereocenters. The number of nitrogens with one attached hydrogen (secondary N) is 2. The molecule has 0 aromatic heterocycles. The molecule has 1 fully saturated rings. The molecule has 0 bridgehead atoms. The second-order valence-electron chi connectivity index (χ2n) is 8.86. The van der Waals surface area contributed by atoms with Gasteiger partial charge in [0.05, 0.1) is 19.3 Å². The van der Waals surface area contributed by atoms with Gasteiger partial charge in [0, 0.05) is 6.42 Å². The summed E-state index contributed by atoms with van der Waals surface area (Å²) in [6.45, 7) is 6.45. The van der Waals surface area contributed by atoms with Gasteiger partial charge in [-0.15, -0.1) is 0 Å². The number of imide groups is 1. The molecular weight excluding hydrogens is 422 g/mol. The topological polar surface area (TPSA) is 97.0 Å². The predicted octanol–water partition coefficient (Wildman–Crippen LogP) is 3.13. The fourth-order valence-corrected chi connectivity index (χ4v) is 4.18. The molecule has 33 heavy (non-hydrogen) atoms. The van der Waals surface area contributed by atoms with Crippen molar-refractivity contribution < 1.29 is 23.9 Å². The first-order valence-electron chi connectivity index (χ1n) is 11.2. The second kappa shape index (κ2) is 9.13. The Morgan fingerprint density at radius 3 is 2.48 bits per heavy atom. The highest BCUT2D eigenvalue weighted by Crippen LogP contribution is 2.34. The van der Waals surface area contributed by atoms with Crippen LogP contribution in [0.25, 0.3) is 0 Å². The average Bonchev–Trinajstić information content (AvgIpc) is 2.95. The molecule has 1 saturated heterocycles. The first kappa shape index (κ1) is 22.6. The van der Waals surface area contributed by atoms with Gasteiger partial charge in [-0.1, -0.05) is 50.2 Å². The van der Waals surface area contributed by atoms with Crippen molar-refractivity contribution in [2.24, 2.45) is 5.92 Å². The summed E-state index contributed by atoms with van der Waals surface area (Å²) in [5, 5.41) is 5.71. The lowest BCUT2D eigenvalue weighted by Gasteiger charge is -2.25. The second-order valence-corrected chi connectivity index (χ2v) is 8.86. The van der Waals surface area contributed by atoms with E-state index in [-0.39, 0.29) is 18.5 Å². The van der Waals surface area contributed by atoms with Gasteiger partial charge in [0.25, 0.3) is 5.91 Å². The van der Waals surface area contributed by atoms with Gasteiger partial charge < -0.3 is 20.1 Å². The van der Waals surface area contributed by atoms with Gasteiger partial charge in [-0.25, -0.2) is 4.79 Å². The van der Waals surface area contributed by atoms with Crippen molar-refractivity contribution in [1.82, 2.24) is 15.5 Å². The van der Waals surface area contributed by atoms with Crippen LogP contribution in [-0.4, -0.2) is 42.5 Å². The number of ether oxygens (including phenoxy) is 2. The van der Waals surface area contributed by atoms with Crippen LogP contribution in [0.5, 0.6) is 11.5 Å². The molecule has 2 atom stereocenters. The maximum Gasteiger partial charge on any atom is 0.325 e. The number of fused-ring (bicyclic) bond motifs is 1. The molecule has 8 nitrogen and oxygen atoms in total. The highest BCUT2D eigenvalue weighted by atomic mass is 16.5. The Hall–Kier alpha value is -3.55. The molecule has 0 radical (unpaired) electrons. The van der Waals surface area contributed by atoms with E-state index >= 15 is 0 Å². The number of carbonyl (C=O) groups excluding carboxylic acids is 3. The summed E-state index contributed by atoms with van der Waals surface area (Å²) in [5.41, 5.74) is 0.331. The van der Waals surface area contributed by atoms with Gasteiger partial charge in [0.15, 0.2) is 11.5 Å². The Balaban J connectivity index is 1.48. The van der Waals surface area contributed by atoms with Gasteiger partial charge in [-0.2, -0.15) is 0 Å². The maximum atomic E-state index is 13.1. The molecule has 174 valence electrons. The average molecular weight is 452 g/mol. The standard InChI is InChI=1S/C25H29N3O5/c1-16(2)22(17-10-11-19-20(14-17)33-13-7-12-32-19)26-21(29)15-28-23(30)25(3,27-24(28)31)18-8-5-4-6-9-18/h4-6,8-11,14,16,22H,7,12-13,15H2,1-3H3,(H,26,29)(H,27,31)/t22-,25+/m1/s1. The third-order valence-corrected chi connectivity index (χ3v) is 6.04. The molecule has 2 N–H and O–H groups in total. The van der Waals surface area contributed by atoms with Crippen LogP contribution in [0.15, 0.2) is 48.5 Å². The van der Waals surface area contributed by atoms with Crippen LogP contribution in [-0.2, 0) is 15.1 Å². The van der Waals surface area contributed by atoms with Crippen LogP contribution in [0, 0.1) is 5.92 Å². The SMILES string of the molecule is CC(C)[C@@H](NC(=O)CN1C(=O)N[C@@](C)(c2ccccc2)C1=O)c1ccc2c(c1)OCCCO2. The zero-order valence-corrected chi connectivity index (χ0v) is 19.1. The van der Waals surface area contributed by atoms with Crippen molar-refractivity contribution >= 4 is 17.8 Å². The van der Waals surface area contributed by atoms with Gasteiger partial charge in [0.1, 0.15) is 12.1 Å². The first-order valence-corrected chi connectivity index (χ1v) is 11.2.